The summed E-state index contributed by atoms with van der Waals surface area (Å²) in [5.41, 5.74) is 5.29. The second kappa shape index (κ2) is 6.16. The number of hydrogen-bond donors (Lipinski definition) is 1. The van der Waals surface area contributed by atoms with Gasteiger partial charge in [0.1, 0.15) is 5.01 Å². The van der Waals surface area contributed by atoms with Crippen LogP contribution in [0.25, 0.3) is 0 Å². The van der Waals surface area contributed by atoms with E-state index in [0.717, 1.165) is 31.6 Å². The number of aryl methyl sites for hydroxylation is 1. The van der Waals surface area contributed by atoms with Crippen LogP contribution in [0.5, 0.6) is 0 Å². The molecule has 0 saturated heterocycles. The Hall–Kier alpha value is -1.39. The summed E-state index contributed by atoms with van der Waals surface area (Å²) < 4.78 is 0. The summed E-state index contributed by atoms with van der Waals surface area (Å²) in [5, 5.41) is 6.96. The number of aromatic nitrogens is 1. The Morgan fingerprint density at radius 2 is 2.29 bits per heavy atom. The first kappa shape index (κ1) is 14.5. The molecule has 0 bridgehead atoms. The van der Waals surface area contributed by atoms with Crippen molar-refractivity contribution in [3.63, 3.8) is 0 Å². The summed E-state index contributed by atoms with van der Waals surface area (Å²) in [5.74, 6) is 0. The molecular weight excluding hydrogens is 278 g/mol. The summed E-state index contributed by atoms with van der Waals surface area (Å²) in [6.45, 7) is 6.41. The minimum Gasteiger partial charge on any atom is -0.374 e. The Morgan fingerprint density at radius 3 is 3.00 bits per heavy atom. The van der Waals surface area contributed by atoms with E-state index in [-0.39, 0.29) is 6.04 Å². The molecule has 1 aromatic heterocycles. The van der Waals surface area contributed by atoms with Crippen molar-refractivity contribution in [2.45, 2.75) is 32.7 Å². The minimum atomic E-state index is 0.222. The fourth-order valence-electron chi connectivity index (χ4n) is 2.91. The highest BCUT2D eigenvalue weighted by molar-refractivity contribution is 7.09. The van der Waals surface area contributed by atoms with Crippen LogP contribution in [0.15, 0.2) is 23.6 Å². The maximum absolute atomic E-state index is 4.69. The number of hydrogen-bond acceptors (Lipinski definition) is 4. The summed E-state index contributed by atoms with van der Waals surface area (Å²) in [6, 6.07) is 7.10. The van der Waals surface area contributed by atoms with E-state index in [4.69, 9.17) is 4.98 Å². The highest BCUT2D eigenvalue weighted by Crippen LogP contribution is 2.32. The Bertz CT molecular complexity index is 620. The molecule has 0 radical (unpaired) electrons. The van der Waals surface area contributed by atoms with E-state index >= 15 is 0 Å². The van der Waals surface area contributed by atoms with Gasteiger partial charge in [-0.15, -0.1) is 11.3 Å². The molecule has 1 atom stereocenters. The zero-order chi connectivity index (χ0) is 14.8. The van der Waals surface area contributed by atoms with Crippen LogP contribution >= 0.6 is 11.3 Å². The molecular formula is C17H23N3S. The average Bonchev–Trinajstić information content (AvgIpc) is 3.06. The lowest BCUT2D eigenvalue weighted by molar-refractivity contribution is 0.595. The Balaban J connectivity index is 1.93. The molecule has 0 spiro atoms. The highest BCUT2D eigenvalue weighted by atomic mass is 32.1. The largest absolute Gasteiger partial charge is 0.374 e. The van der Waals surface area contributed by atoms with Gasteiger partial charge in [0, 0.05) is 30.4 Å². The van der Waals surface area contributed by atoms with E-state index in [1.165, 1.54) is 21.8 Å². The molecule has 2 aromatic rings. The second-order valence-corrected chi connectivity index (χ2v) is 6.66. The SMILES string of the molecule is CCCNC(c1ccc2c(c1)CCN2C)c1nc(C)cs1. The van der Waals surface area contributed by atoms with Crippen molar-refractivity contribution >= 4 is 17.0 Å². The molecule has 4 heteroatoms. The molecule has 1 aliphatic rings. The van der Waals surface area contributed by atoms with Crippen LogP contribution < -0.4 is 10.2 Å². The standard InChI is InChI=1S/C17H23N3S/c1-4-8-18-16(17-19-12(2)11-21-17)14-5-6-15-13(10-14)7-9-20(15)3/h5-6,10-11,16,18H,4,7-9H2,1-3H3. The minimum absolute atomic E-state index is 0.222. The molecule has 0 amide bonds. The van der Waals surface area contributed by atoms with Gasteiger partial charge < -0.3 is 10.2 Å². The van der Waals surface area contributed by atoms with Gasteiger partial charge in [0.05, 0.1) is 6.04 Å². The first-order valence-corrected chi connectivity index (χ1v) is 8.56. The molecule has 2 heterocycles. The van der Waals surface area contributed by atoms with Crippen LogP contribution in [-0.2, 0) is 6.42 Å². The number of rotatable bonds is 5. The zero-order valence-corrected chi connectivity index (χ0v) is 13.8. The topological polar surface area (TPSA) is 28.2 Å². The fraction of sp³-hybridized carbons (Fsp3) is 0.471. The monoisotopic (exact) mass is 301 g/mol. The number of fused-ring (bicyclic) bond motifs is 1. The van der Waals surface area contributed by atoms with Gasteiger partial charge >= 0.3 is 0 Å². The predicted octanol–water partition coefficient (Wildman–Crippen LogP) is 3.53. The normalized spacial score (nSPS) is 15.3. The first-order valence-electron chi connectivity index (χ1n) is 7.68. The van der Waals surface area contributed by atoms with Gasteiger partial charge in [0.2, 0.25) is 0 Å². The molecule has 1 unspecified atom stereocenters. The number of likely N-dealkylation sites (N-methyl/N-ethyl adjacent to an activating group) is 1. The molecule has 3 rings (SSSR count). The van der Waals surface area contributed by atoms with Crippen molar-refractivity contribution in [2.24, 2.45) is 0 Å². The zero-order valence-electron chi connectivity index (χ0n) is 13.0. The Morgan fingerprint density at radius 1 is 1.43 bits per heavy atom. The molecule has 0 aliphatic carbocycles. The molecule has 1 aromatic carbocycles. The average molecular weight is 301 g/mol. The van der Waals surface area contributed by atoms with Crippen LogP contribution in [0.3, 0.4) is 0 Å². The lowest BCUT2D eigenvalue weighted by Crippen LogP contribution is -2.23. The van der Waals surface area contributed by atoms with Gasteiger partial charge in [0.15, 0.2) is 0 Å². The van der Waals surface area contributed by atoms with E-state index in [9.17, 15) is 0 Å². The fourth-order valence-corrected chi connectivity index (χ4v) is 3.80. The lowest BCUT2D eigenvalue weighted by Gasteiger charge is -2.18. The van der Waals surface area contributed by atoms with Crippen molar-refractivity contribution in [3.8, 4) is 0 Å². The van der Waals surface area contributed by atoms with Crippen LogP contribution in [0.4, 0.5) is 5.69 Å². The van der Waals surface area contributed by atoms with Crippen molar-refractivity contribution in [1.29, 1.82) is 0 Å². The number of nitrogens with zero attached hydrogens (tertiary/aromatic N) is 2. The van der Waals surface area contributed by atoms with Crippen LogP contribution in [0, 0.1) is 6.92 Å². The molecule has 1 aliphatic heterocycles. The second-order valence-electron chi connectivity index (χ2n) is 5.77. The van der Waals surface area contributed by atoms with Crippen molar-refractivity contribution in [1.82, 2.24) is 10.3 Å². The predicted molar refractivity (Wildman–Crippen MR) is 90.4 cm³/mol. The Kier molecular flexibility index (Phi) is 4.27. The summed E-state index contributed by atoms with van der Waals surface area (Å²) in [7, 11) is 2.17. The molecule has 112 valence electrons. The van der Waals surface area contributed by atoms with Crippen LogP contribution in [0.1, 0.15) is 41.2 Å². The number of nitrogens with one attached hydrogen (secondary N) is 1. The van der Waals surface area contributed by atoms with E-state index in [0.29, 0.717) is 0 Å². The number of thiazole rings is 1. The third kappa shape index (κ3) is 2.97. The molecule has 0 saturated carbocycles. The van der Waals surface area contributed by atoms with E-state index < -0.39 is 0 Å². The smallest absolute Gasteiger partial charge is 0.114 e. The number of anilines is 1. The van der Waals surface area contributed by atoms with Crippen LogP contribution in [-0.4, -0.2) is 25.1 Å². The molecule has 0 fully saturated rings. The van der Waals surface area contributed by atoms with E-state index in [2.05, 4.69) is 54.7 Å². The van der Waals surface area contributed by atoms with Crippen molar-refractivity contribution < 1.29 is 0 Å². The first-order chi connectivity index (χ1) is 10.2. The summed E-state index contributed by atoms with van der Waals surface area (Å²) >= 11 is 1.75. The number of benzene rings is 1. The van der Waals surface area contributed by atoms with Crippen molar-refractivity contribution in [2.75, 3.05) is 25.0 Å². The molecule has 21 heavy (non-hydrogen) atoms. The third-order valence-electron chi connectivity index (χ3n) is 4.05. The third-order valence-corrected chi connectivity index (χ3v) is 5.07. The van der Waals surface area contributed by atoms with Gasteiger partial charge in [-0.2, -0.15) is 0 Å². The van der Waals surface area contributed by atoms with Crippen molar-refractivity contribution in [3.05, 3.63) is 45.4 Å². The maximum atomic E-state index is 4.69. The highest BCUT2D eigenvalue weighted by Gasteiger charge is 2.21. The molecule has 1 N–H and O–H groups in total. The van der Waals surface area contributed by atoms with Gasteiger partial charge in [-0.05, 0) is 43.5 Å². The van der Waals surface area contributed by atoms with Gasteiger partial charge in [0.25, 0.3) is 0 Å². The quantitative estimate of drug-likeness (QED) is 0.915. The van der Waals surface area contributed by atoms with Gasteiger partial charge in [-0.3, -0.25) is 0 Å². The summed E-state index contributed by atoms with van der Waals surface area (Å²) in [4.78, 5) is 7.03. The van der Waals surface area contributed by atoms with Gasteiger partial charge in [-0.1, -0.05) is 19.1 Å². The lowest BCUT2D eigenvalue weighted by atomic mass is 10.0. The maximum Gasteiger partial charge on any atom is 0.114 e. The Labute approximate surface area is 131 Å². The van der Waals surface area contributed by atoms with Crippen LogP contribution in [0.2, 0.25) is 0 Å². The van der Waals surface area contributed by atoms with E-state index in [1.54, 1.807) is 11.3 Å². The van der Waals surface area contributed by atoms with E-state index in [1.807, 2.05) is 0 Å². The summed E-state index contributed by atoms with van der Waals surface area (Å²) in [6.07, 6.45) is 2.28. The van der Waals surface area contributed by atoms with Gasteiger partial charge in [-0.25, -0.2) is 4.98 Å². The molecule has 3 nitrogen and oxygen atoms in total.